The van der Waals surface area contributed by atoms with Crippen molar-refractivity contribution in [2.45, 2.75) is 36.8 Å². The number of amides is 2. The molecule has 3 fully saturated rings. The number of rotatable bonds is 4. The molecule has 0 saturated carbocycles. The second-order valence-corrected chi connectivity index (χ2v) is 8.23. The summed E-state index contributed by atoms with van der Waals surface area (Å²) in [6.45, 7) is 0.485. The molecule has 0 aromatic heterocycles. The number of alkyl halides is 3. The lowest BCUT2D eigenvalue weighted by molar-refractivity contribution is -0.183. The minimum absolute atomic E-state index is 0.169. The predicted octanol–water partition coefficient (Wildman–Crippen LogP) is 0.237. The topological polar surface area (TPSA) is 90.4 Å². The number of hydrogen-bond acceptors (Lipinski definition) is 7. The molecule has 1 N–H and O–H groups in total. The van der Waals surface area contributed by atoms with Crippen LogP contribution in [0, 0.1) is 0 Å². The Morgan fingerprint density at radius 2 is 1.87 bits per heavy atom. The average Bonchev–Trinajstić information content (AvgIpc) is 3.08. The maximum absolute atomic E-state index is 13.2. The molecule has 3 saturated heterocycles. The third-order valence-corrected chi connectivity index (χ3v) is 6.20. The Morgan fingerprint density at radius 3 is 2.45 bits per heavy atom. The van der Waals surface area contributed by atoms with Crippen molar-refractivity contribution in [3.63, 3.8) is 0 Å². The summed E-state index contributed by atoms with van der Waals surface area (Å²) in [6, 6.07) is 4.11. The summed E-state index contributed by atoms with van der Waals surface area (Å²) in [5.74, 6) is -1.76. The first-order chi connectivity index (χ1) is 14.5. The van der Waals surface area contributed by atoms with Gasteiger partial charge in [-0.1, -0.05) is 12.1 Å². The summed E-state index contributed by atoms with van der Waals surface area (Å²) in [5, 5.41) is 10.1. The van der Waals surface area contributed by atoms with Crippen LogP contribution in [0.2, 0.25) is 0 Å². The van der Waals surface area contributed by atoms with Crippen molar-refractivity contribution < 1.29 is 37.4 Å². The van der Waals surface area contributed by atoms with Crippen molar-refractivity contribution >= 4 is 17.8 Å². The van der Waals surface area contributed by atoms with Gasteiger partial charge in [-0.2, -0.15) is 13.2 Å². The number of methoxy groups -OCH3 is 1. The zero-order chi connectivity index (χ0) is 22.6. The number of halogens is 3. The standard InChI is InChI=1S/C20H22F3N3O5/c1-31-16(28)9-25-17(29)15-6-14(27)8-26(15)19(18(25)30)10-24(11-19)7-12-2-4-13(5-3-12)20(21,22)23/h2-5,14-15,27H,6-11H2,1H3. The largest absolute Gasteiger partial charge is 0.468 e. The Kier molecular flexibility index (Phi) is 5.31. The fourth-order valence-electron chi connectivity index (χ4n) is 4.70. The molecular formula is C20H22F3N3O5. The SMILES string of the molecule is COC(=O)CN1C(=O)C2CC(O)CN2C2(CN(Cc3ccc(C(F)(F)F)cc3)C2)C1=O. The van der Waals surface area contributed by atoms with E-state index in [-0.39, 0.29) is 26.1 Å². The molecule has 2 amide bonds. The molecule has 3 aliphatic rings. The molecule has 2 atom stereocenters. The highest BCUT2D eigenvalue weighted by Gasteiger charge is 2.64. The van der Waals surface area contributed by atoms with Crippen LogP contribution in [0.5, 0.6) is 0 Å². The fourth-order valence-corrected chi connectivity index (χ4v) is 4.70. The van der Waals surface area contributed by atoms with E-state index >= 15 is 0 Å². The van der Waals surface area contributed by atoms with E-state index in [1.54, 1.807) is 4.90 Å². The van der Waals surface area contributed by atoms with Crippen molar-refractivity contribution in [2.24, 2.45) is 0 Å². The number of esters is 1. The van der Waals surface area contributed by atoms with E-state index in [4.69, 9.17) is 0 Å². The summed E-state index contributed by atoms with van der Waals surface area (Å²) in [6.07, 6.45) is -5.00. The molecule has 1 aromatic carbocycles. The quantitative estimate of drug-likeness (QED) is 0.529. The maximum Gasteiger partial charge on any atom is 0.416 e. The van der Waals surface area contributed by atoms with Crippen LogP contribution in [0.1, 0.15) is 17.5 Å². The lowest BCUT2D eigenvalue weighted by atomic mass is 9.82. The summed E-state index contributed by atoms with van der Waals surface area (Å²) < 4.78 is 42.8. The molecule has 3 aliphatic heterocycles. The van der Waals surface area contributed by atoms with Crippen molar-refractivity contribution in [2.75, 3.05) is 33.3 Å². The van der Waals surface area contributed by atoms with Gasteiger partial charge in [0.1, 0.15) is 12.1 Å². The number of β-amino-alcohol motifs (C(OH)–C–C–N with tert-alkyl or cyclic N) is 1. The van der Waals surface area contributed by atoms with Gasteiger partial charge in [0.25, 0.3) is 5.91 Å². The van der Waals surface area contributed by atoms with Crippen molar-refractivity contribution in [1.29, 1.82) is 0 Å². The van der Waals surface area contributed by atoms with E-state index < -0.39 is 53.8 Å². The van der Waals surface area contributed by atoms with Crippen molar-refractivity contribution in [3.05, 3.63) is 35.4 Å². The average molecular weight is 441 g/mol. The molecule has 3 heterocycles. The first-order valence-electron chi connectivity index (χ1n) is 9.81. The first kappa shape index (κ1) is 21.7. The number of ether oxygens (including phenoxy) is 1. The number of aliphatic hydroxyl groups is 1. The van der Waals surface area contributed by atoms with Gasteiger partial charge in [0.15, 0.2) is 0 Å². The maximum atomic E-state index is 13.2. The zero-order valence-corrected chi connectivity index (χ0v) is 16.8. The molecule has 0 radical (unpaired) electrons. The number of imide groups is 1. The lowest BCUT2D eigenvalue weighted by Gasteiger charge is -2.58. The Labute approximate surface area is 176 Å². The van der Waals surface area contributed by atoms with Crippen LogP contribution in [0.15, 0.2) is 24.3 Å². The minimum Gasteiger partial charge on any atom is -0.468 e. The molecule has 31 heavy (non-hydrogen) atoms. The summed E-state index contributed by atoms with van der Waals surface area (Å²) in [7, 11) is 1.16. The summed E-state index contributed by atoms with van der Waals surface area (Å²) in [4.78, 5) is 42.2. The normalized spacial score (nSPS) is 26.2. The number of likely N-dealkylation sites (tertiary alicyclic amines) is 1. The first-order valence-corrected chi connectivity index (χ1v) is 9.81. The highest BCUT2D eigenvalue weighted by atomic mass is 19.4. The number of carbonyl (C=O) groups excluding carboxylic acids is 3. The number of benzene rings is 1. The van der Waals surface area contributed by atoms with Crippen molar-refractivity contribution in [1.82, 2.24) is 14.7 Å². The van der Waals surface area contributed by atoms with E-state index in [2.05, 4.69) is 4.74 Å². The fraction of sp³-hybridized carbons (Fsp3) is 0.550. The van der Waals surface area contributed by atoms with Gasteiger partial charge in [0, 0.05) is 26.2 Å². The van der Waals surface area contributed by atoms with Gasteiger partial charge in [-0.3, -0.25) is 29.1 Å². The van der Waals surface area contributed by atoms with E-state index in [0.717, 1.165) is 24.1 Å². The minimum atomic E-state index is -4.41. The Morgan fingerprint density at radius 1 is 1.23 bits per heavy atom. The lowest BCUT2D eigenvalue weighted by Crippen LogP contribution is -2.81. The monoisotopic (exact) mass is 441 g/mol. The highest BCUT2D eigenvalue weighted by Crippen LogP contribution is 2.41. The molecule has 11 heteroatoms. The predicted molar refractivity (Wildman–Crippen MR) is 99.3 cm³/mol. The second kappa shape index (κ2) is 7.57. The van der Waals surface area contributed by atoms with Crippen LogP contribution < -0.4 is 0 Å². The number of piperazine rings is 1. The Balaban J connectivity index is 1.50. The molecule has 8 nitrogen and oxygen atoms in total. The number of aliphatic hydroxyl groups excluding tert-OH is 1. The van der Waals surface area contributed by atoms with Gasteiger partial charge in [0.2, 0.25) is 5.91 Å². The number of fused-ring (bicyclic) bond motifs is 2. The van der Waals surface area contributed by atoms with Crippen LogP contribution in [-0.2, 0) is 31.8 Å². The van der Waals surface area contributed by atoms with Crippen LogP contribution in [0.4, 0.5) is 13.2 Å². The highest BCUT2D eigenvalue weighted by molar-refractivity contribution is 6.07. The molecule has 1 aromatic rings. The van der Waals surface area contributed by atoms with Gasteiger partial charge >= 0.3 is 12.1 Å². The molecule has 2 unspecified atom stereocenters. The third-order valence-electron chi connectivity index (χ3n) is 6.20. The molecule has 0 aliphatic carbocycles. The van der Waals surface area contributed by atoms with Gasteiger partial charge < -0.3 is 9.84 Å². The molecule has 4 rings (SSSR count). The smallest absolute Gasteiger partial charge is 0.416 e. The van der Waals surface area contributed by atoms with Gasteiger partial charge in [0.05, 0.1) is 24.8 Å². The third kappa shape index (κ3) is 3.70. The summed E-state index contributed by atoms with van der Waals surface area (Å²) in [5.41, 5.74) is -1.13. The van der Waals surface area contributed by atoms with E-state index in [1.165, 1.54) is 12.1 Å². The Hall–Kier alpha value is -2.50. The van der Waals surface area contributed by atoms with E-state index in [9.17, 15) is 32.7 Å². The van der Waals surface area contributed by atoms with E-state index in [1.807, 2.05) is 4.90 Å². The molecule has 0 bridgehead atoms. The van der Waals surface area contributed by atoms with Crippen LogP contribution in [-0.4, -0.2) is 88.6 Å². The molecule has 1 spiro atoms. The van der Waals surface area contributed by atoms with Gasteiger partial charge in [-0.15, -0.1) is 0 Å². The number of carbonyl (C=O) groups is 3. The second-order valence-electron chi connectivity index (χ2n) is 8.23. The van der Waals surface area contributed by atoms with Crippen LogP contribution in [0.25, 0.3) is 0 Å². The number of nitrogens with zero attached hydrogens (tertiary/aromatic N) is 3. The zero-order valence-electron chi connectivity index (χ0n) is 16.8. The molecule has 168 valence electrons. The molecular weight excluding hydrogens is 419 g/mol. The van der Waals surface area contributed by atoms with E-state index in [0.29, 0.717) is 12.1 Å². The van der Waals surface area contributed by atoms with Gasteiger partial charge in [-0.05, 0) is 24.1 Å². The number of hydrogen-bond donors (Lipinski definition) is 1. The van der Waals surface area contributed by atoms with Gasteiger partial charge in [-0.25, -0.2) is 0 Å². The van der Waals surface area contributed by atoms with Crippen LogP contribution >= 0.6 is 0 Å². The van der Waals surface area contributed by atoms with Crippen LogP contribution in [0.3, 0.4) is 0 Å². The van der Waals surface area contributed by atoms with Crippen molar-refractivity contribution in [3.8, 4) is 0 Å². The summed E-state index contributed by atoms with van der Waals surface area (Å²) >= 11 is 0. The Bertz CT molecular complexity index is 898.